The quantitative estimate of drug-likeness (QED) is 0.939. The average molecular weight is 293 g/mol. The van der Waals surface area contributed by atoms with Gasteiger partial charge in [-0.2, -0.15) is 0 Å². The molecule has 1 aromatic heterocycles. The van der Waals surface area contributed by atoms with Gasteiger partial charge in [-0.25, -0.2) is 4.98 Å². The molecule has 0 saturated carbocycles. The number of hydrogen-bond acceptors (Lipinski definition) is 3. The summed E-state index contributed by atoms with van der Waals surface area (Å²) in [4.78, 5) is 4.20. The summed E-state index contributed by atoms with van der Waals surface area (Å²) in [5, 5.41) is 0. The van der Waals surface area contributed by atoms with Crippen LogP contribution in [0, 0.1) is 0 Å². The van der Waals surface area contributed by atoms with E-state index in [1.165, 1.54) is 0 Å². The molecule has 0 aliphatic rings. The number of hydrogen-bond donors (Lipinski definition) is 1. The monoisotopic (exact) mass is 292 g/mol. The Morgan fingerprint density at radius 2 is 1.94 bits per heavy atom. The summed E-state index contributed by atoms with van der Waals surface area (Å²) in [5.41, 5.74) is 6.76. The first kappa shape index (κ1) is 12.1. The molecule has 1 heterocycles. The highest BCUT2D eigenvalue weighted by Crippen LogP contribution is 2.26. The fourth-order valence-corrected chi connectivity index (χ4v) is 1.71. The zero-order valence-electron chi connectivity index (χ0n) is 9.43. The SMILES string of the molecule is CC(N)c1cccnc1Oc1ccc(Br)cc1. The van der Waals surface area contributed by atoms with Crippen molar-refractivity contribution in [3.63, 3.8) is 0 Å². The van der Waals surface area contributed by atoms with Crippen LogP contribution in [0.1, 0.15) is 18.5 Å². The smallest absolute Gasteiger partial charge is 0.223 e. The summed E-state index contributed by atoms with van der Waals surface area (Å²) in [6.45, 7) is 1.91. The lowest BCUT2D eigenvalue weighted by Gasteiger charge is -2.12. The summed E-state index contributed by atoms with van der Waals surface area (Å²) >= 11 is 3.38. The highest BCUT2D eigenvalue weighted by Gasteiger charge is 2.09. The van der Waals surface area contributed by atoms with E-state index in [1.54, 1.807) is 6.20 Å². The maximum atomic E-state index is 5.86. The minimum atomic E-state index is -0.103. The third-order valence-electron chi connectivity index (χ3n) is 2.32. The number of benzene rings is 1. The molecule has 0 aliphatic carbocycles. The lowest BCUT2D eigenvalue weighted by Crippen LogP contribution is -2.07. The molecule has 1 atom stereocenters. The van der Waals surface area contributed by atoms with E-state index in [-0.39, 0.29) is 6.04 Å². The Hall–Kier alpha value is -1.39. The maximum Gasteiger partial charge on any atom is 0.223 e. The molecule has 0 bridgehead atoms. The van der Waals surface area contributed by atoms with Gasteiger partial charge in [-0.1, -0.05) is 22.0 Å². The Morgan fingerprint density at radius 1 is 1.24 bits per heavy atom. The van der Waals surface area contributed by atoms with Crippen molar-refractivity contribution in [3.8, 4) is 11.6 Å². The summed E-state index contributed by atoms with van der Waals surface area (Å²) in [6, 6.07) is 11.3. The molecule has 0 spiro atoms. The lowest BCUT2D eigenvalue weighted by atomic mass is 10.1. The van der Waals surface area contributed by atoms with Crippen LogP contribution in [0.4, 0.5) is 0 Å². The van der Waals surface area contributed by atoms with Gasteiger partial charge in [-0.3, -0.25) is 0 Å². The van der Waals surface area contributed by atoms with Crippen LogP contribution in [0.3, 0.4) is 0 Å². The third kappa shape index (κ3) is 3.05. The molecule has 1 aromatic carbocycles. The Morgan fingerprint density at radius 3 is 2.59 bits per heavy atom. The third-order valence-corrected chi connectivity index (χ3v) is 2.85. The fourth-order valence-electron chi connectivity index (χ4n) is 1.45. The topological polar surface area (TPSA) is 48.1 Å². The molecule has 4 heteroatoms. The van der Waals surface area contributed by atoms with Crippen molar-refractivity contribution in [3.05, 3.63) is 52.6 Å². The van der Waals surface area contributed by atoms with Crippen LogP contribution in [0.5, 0.6) is 11.6 Å². The standard InChI is InChI=1S/C13H13BrN2O/c1-9(15)12-3-2-8-16-13(12)17-11-6-4-10(14)5-7-11/h2-9H,15H2,1H3. The van der Waals surface area contributed by atoms with Crippen molar-refractivity contribution in [2.75, 3.05) is 0 Å². The molecule has 1 unspecified atom stereocenters. The normalized spacial score (nSPS) is 12.2. The summed E-state index contributed by atoms with van der Waals surface area (Å²) in [5.74, 6) is 1.30. The minimum absolute atomic E-state index is 0.103. The van der Waals surface area contributed by atoms with Gasteiger partial charge in [0, 0.05) is 22.3 Å². The number of ether oxygens (including phenoxy) is 1. The average Bonchev–Trinajstić information content (AvgIpc) is 2.32. The molecular formula is C13H13BrN2O. The molecule has 0 saturated heterocycles. The van der Waals surface area contributed by atoms with E-state index in [4.69, 9.17) is 10.5 Å². The number of aromatic nitrogens is 1. The van der Waals surface area contributed by atoms with Gasteiger partial charge >= 0.3 is 0 Å². The molecule has 3 nitrogen and oxygen atoms in total. The summed E-state index contributed by atoms with van der Waals surface area (Å²) in [7, 11) is 0. The van der Waals surface area contributed by atoms with Gasteiger partial charge in [0.2, 0.25) is 5.88 Å². The molecule has 0 fully saturated rings. The first-order valence-corrected chi connectivity index (χ1v) is 6.10. The highest BCUT2D eigenvalue weighted by atomic mass is 79.9. The predicted molar refractivity (Wildman–Crippen MR) is 71.1 cm³/mol. The van der Waals surface area contributed by atoms with Gasteiger partial charge in [0.15, 0.2) is 0 Å². The Labute approximate surface area is 109 Å². The zero-order valence-corrected chi connectivity index (χ0v) is 11.0. The van der Waals surface area contributed by atoms with Gasteiger partial charge in [0.05, 0.1) is 0 Å². The first-order chi connectivity index (χ1) is 8.16. The van der Waals surface area contributed by atoms with Gasteiger partial charge < -0.3 is 10.5 Å². The fraction of sp³-hybridized carbons (Fsp3) is 0.154. The van der Waals surface area contributed by atoms with Crippen molar-refractivity contribution in [2.24, 2.45) is 5.73 Å². The van der Waals surface area contributed by atoms with Gasteiger partial charge in [-0.15, -0.1) is 0 Å². The van der Waals surface area contributed by atoms with E-state index in [9.17, 15) is 0 Å². The van der Waals surface area contributed by atoms with Crippen LogP contribution in [0.2, 0.25) is 0 Å². The predicted octanol–water partition coefficient (Wildman–Crippen LogP) is 3.66. The maximum absolute atomic E-state index is 5.86. The van der Waals surface area contributed by atoms with Crippen LogP contribution >= 0.6 is 15.9 Å². The Balaban J connectivity index is 2.26. The number of nitrogens with two attached hydrogens (primary N) is 1. The Bertz CT molecular complexity index is 497. The van der Waals surface area contributed by atoms with Crippen LogP contribution in [-0.4, -0.2) is 4.98 Å². The van der Waals surface area contributed by atoms with Gasteiger partial charge in [0.25, 0.3) is 0 Å². The van der Waals surface area contributed by atoms with Crippen molar-refractivity contribution in [1.29, 1.82) is 0 Å². The molecular weight excluding hydrogens is 280 g/mol. The van der Waals surface area contributed by atoms with Crippen molar-refractivity contribution in [1.82, 2.24) is 4.98 Å². The highest BCUT2D eigenvalue weighted by molar-refractivity contribution is 9.10. The van der Waals surface area contributed by atoms with Crippen LogP contribution in [-0.2, 0) is 0 Å². The van der Waals surface area contributed by atoms with Crippen LogP contribution < -0.4 is 10.5 Å². The lowest BCUT2D eigenvalue weighted by molar-refractivity contribution is 0.452. The summed E-state index contributed by atoms with van der Waals surface area (Å²) in [6.07, 6.45) is 1.69. The molecule has 0 radical (unpaired) electrons. The van der Waals surface area contributed by atoms with E-state index in [2.05, 4.69) is 20.9 Å². The number of nitrogens with zero attached hydrogens (tertiary/aromatic N) is 1. The molecule has 0 amide bonds. The zero-order chi connectivity index (χ0) is 12.3. The van der Waals surface area contributed by atoms with Crippen LogP contribution in [0.25, 0.3) is 0 Å². The van der Waals surface area contributed by atoms with Gasteiger partial charge in [0.1, 0.15) is 5.75 Å². The largest absolute Gasteiger partial charge is 0.439 e. The van der Waals surface area contributed by atoms with E-state index < -0.39 is 0 Å². The molecule has 2 N–H and O–H groups in total. The van der Waals surface area contributed by atoms with E-state index in [0.29, 0.717) is 5.88 Å². The Kier molecular flexibility index (Phi) is 3.76. The van der Waals surface area contributed by atoms with Crippen molar-refractivity contribution < 1.29 is 4.74 Å². The molecule has 88 valence electrons. The van der Waals surface area contributed by atoms with E-state index >= 15 is 0 Å². The summed E-state index contributed by atoms with van der Waals surface area (Å²) < 4.78 is 6.73. The van der Waals surface area contributed by atoms with Crippen LogP contribution in [0.15, 0.2) is 47.1 Å². The molecule has 2 aromatic rings. The van der Waals surface area contributed by atoms with E-state index in [0.717, 1.165) is 15.8 Å². The van der Waals surface area contributed by atoms with Gasteiger partial charge in [-0.05, 0) is 37.3 Å². The van der Waals surface area contributed by atoms with E-state index in [1.807, 2.05) is 43.3 Å². The second-order valence-electron chi connectivity index (χ2n) is 3.74. The second kappa shape index (κ2) is 5.29. The minimum Gasteiger partial charge on any atom is -0.439 e. The number of halogens is 1. The number of pyridine rings is 1. The first-order valence-electron chi connectivity index (χ1n) is 5.31. The van der Waals surface area contributed by atoms with Crippen molar-refractivity contribution >= 4 is 15.9 Å². The van der Waals surface area contributed by atoms with Crippen molar-refractivity contribution in [2.45, 2.75) is 13.0 Å². The molecule has 0 aliphatic heterocycles. The second-order valence-corrected chi connectivity index (χ2v) is 4.66. The number of rotatable bonds is 3. The molecule has 17 heavy (non-hydrogen) atoms. The molecule has 2 rings (SSSR count).